The molecular formula is C30H33N2O3S+. The number of aliphatic imine (C=N–C) groups is 1. The second kappa shape index (κ2) is 11.3. The Bertz CT molecular complexity index is 1170. The molecule has 3 aromatic rings. The fourth-order valence-electron chi connectivity index (χ4n) is 5.61. The smallest absolute Gasteiger partial charge is 0.314 e. The zero-order valence-electron chi connectivity index (χ0n) is 20.5. The van der Waals surface area contributed by atoms with Crippen molar-refractivity contribution in [1.82, 2.24) is 0 Å². The maximum atomic E-state index is 13.5. The van der Waals surface area contributed by atoms with Crippen LogP contribution in [0.3, 0.4) is 0 Å². The Kier molecular flexibility index (Phi) is 7.73. The molecule has 3 saturated heterocycles. The lowest BCUT2D eigenvalue weighted by atomic mass is 9.82. The first-order valence-corrected chi connectivity index (χ1v) is 13.7. The van der Waals surface area contributed by atoms with Gasteiger partial charge in [-0.3, -0.25) is 14.6 Å². The molecule has 1 unspecified atom stereocenters. The predicted molar refractivity (Wildman–Crippen MR) is 143 cm³/mol. The monoisotopic (exact) mass is 501 g/mol. The summed E-state index contributed by atoms with van der Waals surface area (Å²) >= 11 is 1.51. The van der Waals surface area contributed by atoms with Crippen molar-refractivity contribution in [2.45, 2.75) is 37.8 Å². The molecule has 6 rings (SSSR count). The fraction of sp³-hybridized carbons (Fsp3) is 0.367. The van der Waals surface area contributed by atoms with E-state index >= 15 is 0 Å². The van der Waals surface area contributed by atoms with Crippen molar-refractivity contribution in [1.29, 1.82) is 0 Å². The number of thiophene rings is 1. The highest BCUT2D eigenvalue weighted by molar-refractivity contribution is 7.12. The summed E-state index contributed by atoms with van der Waals surface area (Å²) in [6, 6.07) is 23.8. The van der Waals surface area contributed by atoms with Crippen molar-refractivity contribution in [2.75, 3.05) is 26.2 Å². The van der Waals surface area contributed by atoms with Crippen LogP contribution in [0.1, 0.15) is 46.0 Å². The lowest BCUT2D eigenvalue weighted by molar-refractivity contribution is -0.938. The van der Waals surface area contributed by atoms with E-state index in [1.54, 1.807) is 0 Å². The zero-order chi connectivity index (χ0) is 24.8. The van der Waals surface area contributed by atoms with Crippen LogP contribution in [0.4, 0.5) is 0 Å². The molecule has 3 aliphatic rings. The van der Waals surface area contributed by atoms with Crippen LogP contribution in [0.2, 0.25) is 0 Å². The van der Waals surface area contributed by atoms with E-state index in [9.17, 15) is 9.59 Å². The molecule has 6 heteroatoms. The summed E-state index contributed by atoms with van der Waals surface area (Å²) in [5, 5.41) is 1.95. The number of rotatable bonds is 10. The number of benzene rings is 2. The molecule has 0 amide bonds. The number of quaternary nitrogens is 1. The molecule has 0 aliphatic carbocycles. The number of fused-ring (bicyclic) bond motifs is 3. The summed E-state index contributed by atoms with van der Waals surface area (Å²) in [7, 11) is 0. The van der Waals surface area contributed by atoms with Crippen molar-refractivity contribution >= 4 is 29.3 Å². The molecule has 1 aromatic heterocycles. The molecule has 3 aliphatic heterocycles. The molecule has 2 bridgehead atoms. The summed E-state index contributed by atoms with van der Waals surface area (Å²) in [5.41, 5.74) is 2.10. The molecular weight excluding hydrogens is 468 g/mol. The number of esters is 1. The Hall–Kier alpha value is -3.09. The summed E-state index contributed by atoms with van der Waals surface area (Å²) in [6.07, 6.45) is 4.23. The van der Waals surface area contributed by atoms with Crippen LogP contribution in [-0.2, 0) is 16.1 Å². The summed E-state index contributed by atoms with van der Waals surface area (Å²) < 4.78 is 6.97. The van der Waals surface area contributed by atoms with E-state index in [1.807, 2.05) is 72.3 Å². The van der Waals surface area contributed by atoms with Gasteiger partial charge in [0.05, 0.1) is 30.4 Å². The van der Waals surface area contributed by atoms with Crippen LogP contribution < -0.4 is 0 Å². The van der Waals surface area contributed by atoms with Gasteiger partial charge in [0.15, 0.2) is 6.10 Å². The van der Waals surface area contributed by atoms with Crippen LogP contribution in [0, 0.1) is 5.92 Å². The SMILES string of the molecule is O=C(C[N+]12CCC(CC1)[C@@H](OC(=O)C(CC=NCc1ccccc1)c1ccccc1)C2)c1cccs1. The summed E-state index contributed by atoms with van der Waals surface area (Å²) in [4.78, 5) is 31.8. The van der Waals surface area contributed by atoms with Crippen LogP contribution >= 0.6 is 11.3 Å². The fourth-order valence-corrected chi connectivity index (χ4v) is 6.27. The minimum Gasteiger partial charge on any atom is -0.456 e. The first kappa shape index (κ1) is 24.6. The highest BCUT2D eigenvalue weighted by Gasteiger charge is 2.49. The average molecular weight is 502 g/mol. The van der Waals surface area contributed by atoms with Gasteiger partial charge in [-0.2, -0.15) is 0 Å². The van der Waals surface area contributed by atoms with E-state index in [2.05, 4.69) is 17.1 Å². The van der Waals surface area contributed by atoms with Crippen LogP contribution in [0.25, 0.3) is 0 Å². The van der Waals surface area contributed by atoms with Gasteiger partial charge in [-0.25, -0.2) is 0 Å². The molecule has 2 aromatic carbocycles. The number of ether oxygens (including phenoxy) is 1. The van der Waals surface area contributed by atoms with E-state index < -0.39 is 0 Å². The molecule has 0 spiro atoms. The van der Waals surface area contributed by atoms with Crippen molar-refractivity contribution in [3.05, 3.63) is 94.2 Å². The average Bonchev–Trinajstić information content (AvgIpc) is 3.46. The third-order valence-electron chi connectivity index (χ3n) is 7.66. The Labute approximate surface area is 217 Å². The van der Waals surface area contributed by atoms with Crippen molar-refractivity contribution in [2.24, 2.45) is 10.9 Å². The quantitative estimate of drug-likeness (QED) is 0.159. The second-order valence-corrected chi connectivity index (χ2v) is 11.0. The summed E-state index contributed by atoms with van der Waals surface area (Å²) in [6.45, 7) is 3.81. The van der Waals surface area contributed by atoms with E-state index in [0.29, 0.717) is 25.4 Å². The van der Waals surface area contributed by atoms with Crippen molar-refractivity contribution < 1.29 is 18.8 Å². The number of carbonyl (C=O) groups is 2. The molecule has 36 heavy (non-hydrogen) atoms. The van der Waals surface area contributed by atoms with E-state index in [1.165, 1.54) is 11.3 Å². The van der Waals surface area contributed by atoms with Crippen molar-refractivity contribution in [3.8, 4) is 0 Å². The van der Waals surface area contributed by atoms with Gasteiger partial charge in [0, 0.05) is 25.0 Å². The van der Waals surface area contributed by atoms with E-state index in [4.69, 9.17) is 4.74 Å². The number of Topliss-reactive ketones (excluding diaryl/α,β-unsaturated/α-hetero) is 1. The number of piperidine rings is 3. The molecule has 0 saturated carbocycles. The minimum atomic E-state index is -0.387. The number of hydrogen-bond donors (Lipinski definition) is 0. The van der Waals surface area contributed by atoms with Gasteiger partial charge < -0.3 is 9.22 Å². The number of ketones is 1. The van der Waals surface area contributed by atoms with Gasteiger partial charge in [0.25, 0.3) is 0 Å². The van der Waals surface area contributed by atoms with Crippen LogP contribution in [0.15, 0.2) is 83.2 Å². The zero-order valence-corrected chi connectivity index (χ0v) is 21.3. The Morgan fingerprint density at radius 1 is 1.00 bits per heavy atom. The maximum Gasteiger partial charge on any atom is 0.314 e. The molecule has 0 N–H and O–H groups in total. The highest BCUT2D eigenvalue weighted by Crippen LogP contribution is 2.37. The molecule has 0 radical (unpaired) electrons. The Balaban J connectivity index is 1.25. The van der Waals surface area contributed by atoms with Crippen LogP contribution in [-0.4, -0.2) is 54.7 Å². The van der Waals surface area contributed by atoms with Gasteiger partial charge in [-0.15, -0.1) is 11.3 Å². The largest absolute Gasteiger partial charge is 0.456 e. The first-order chi connectivity index (χ1) is 17.6. The van der Waals surface area contributed by atoms with Crippen molar-refractivity contribution in [3.63, 3.8) is 0 Å². The third kappa shape index (κ3) is 5.82. The minimum absolute atomic E-state index is 0.136. The molecule has 2 atom stereocenters. The highest BCUT2D eigenvalue weighted by atomic mass is 32.1. The first-order valence-electron chi connectivity index (χ1n) is 12.8. The predicted octanol–water partition coefficient (Wildman–Crippen LogP) is 5.53. The van der Waals surface area contributed by atoms with Gasteiger partial charge in [-0.05, 0) is 29.0 Å². The maximum absolute atomic E-state index is 13.5. The van der Waals surface area contributed by atoms with Crippen LogP contribution in [0.5, 0.6) is 0 Å². The van der Waals surface area contributed by atoms with E-state index in [-0.39, 0.29) is 23.8 Å². The molecule has 4 heterocycles. The topological polar surface area (TPSA) is 55.7 Å². The number of carbonyl (C=O) groups excluding carboxylic acids is 2. The standard InChI is InChI=1S/C30H33N2O3S/c33-27(29-12-7-19-36-29)21-32-17-14-25(15-18-32)28(22-32)35-30(34)26(24-10-5-2-6-11-24)13-16-31-20-23-8-3-1-4-9-23/h1-12,16,19,25-26,28H,13-15,17-18,20-22H2/q+1/t25?,26?,28-,32?/m0/s1. The number of hydrogen-bond acceptors (Lipinski definition) is 5. The molecule has 3 fully saturated rings. The molecule has 186 valence electrons. The Morgan fingerprint density at radius 3 is 2.42 bits per heavy atom. The third-order valence-corrected chi connectivity index (χ3v) is 8.57. The molecule has 5 nitrogen and oxygen atoms in total. The lowest BCUT2D eigenvalue weighted by Crippen LogP contribution is -2.65. The second-order valence-electron chi connectivity index (χ2n) is 10.1. The summed E-state index contributed by atoms with van der Waals surface area (Å²) in [5.74, 6) is 0.0115. The van der Waals surface area contributed by atoms with Gasteiger partial charge in [0.1, 0.15) is 13.1 Å². The Morgan fingerprint density at radius 2 is 1.72 bits per heavy atom. The number of nitrogens with zero attached hydrogens (tertiary/aromatic N) is 2. The lowest BCUT2D eigenvalue weighted by Gasteiger charge is -2.51. The normalized spacial score (nSPS) is 24.0. The van der Waals surface area contributed by atoms with Gasteiger partial charge in [-0.1, -0.05) is 66.7 Å². The van der Waals surface area contributed by atoms with E-state index in [0.717, 1.165) is 53.0 Å². The van der Waals surface area contributed by atoms with Gasteiger partial charge >= 0.3 is 5.97 Å². The van der Waals surface area contributed by atoms with Gasteiger partial charge in [0.2, 0.25) is 5.78 Å².